The summed E-state index contributed by atoms with van der Waals surface area (Å²) in [6.07, 6.45) is -0.380. The maximum absolute atomic E-state index is 5.16. The molecule has 192 valence electrons. The zero-order valence-corrected chi connectivity index (χ0v) is 22.4. The maximum atomic E-state index is 5.16. The number of aliphatic imine (C=N–C) groups is 2. The molecule has 0 saturated heterocycles. The van der Waals surface area contributed by atoms with Gasteiger partial charge in [-0.1, -0.05) is 135 Å². The monoisotopic (exact) mass is 515 g/mol. The van der Waals surface area contributed by atoms with Crippen LogP contribution in [0.25, 0.3) is 38.2 Å². The number of aromatic nitrogens is 1. The predicted molar refractivity (Wildman–Crippen MR) is 165 cm³/mol. The van der Waals surface area contributed by atoms with Gasteiger partial charge in [-0.3, -0.25) is 4.99 Å². The Bertz CT molecular complexity index is 2000. The number of fused-ring (bicyclic) bond motifs is 7. The maximum Gasteiger partial charge on any atom is 0.111 e. The minimum Gasteiger partial charge on any atom is -0.367 e. The highest BCUT2D eigenvalue weighted by Gasteiger charge is 2.36. The molecule has 40 heavy (non-hydrogen) atoms. The molecular formula is C36H27N4-. The lowest BCUT2D eigenvalue weighted by molar-refractivity contribution is 0.661. The first-order valence-electron chi connectivity index (χ1n) is 13.8. The van der Waals surface area contributed by atoms with Crippen molar-refractivity contribution in [2.24, 2.45) is 9.98 Å². The van der Waals surface area contributed by atoms with E-state index in [-0.39, 0.29) is 11.6 Å². The molecule has 1 aliphatic carbocycles. The fraction of sp³-hybridized carbons (Fsp3) is 0.111. The molecule has 1 aromatic heterocycles. The van der Waals surface area contributed by atoms with Crippen molar-refractivity contribution in [3.05, 3.63) is 149 Å². The van der Waals surface area contributed by atoms with Crippen LogP contribution >= 0.6 is 0 Å². The van der Waals surface area contributed by atoms with Crippen molar-refractivity contribution in [1.82, 2.24) is 4.57 Å². The van der Waals surface area contributed by atoms with Crippen molar-refractivity contribution in [2.75, 3.05) is 0 Å². The molecule has 0 spiro atoms. The molecule has 4 heteroatoms. The van der Waals surface area contributed by atoms with E-state index in [0.29, 0.717) is 11.8 Å². The van der Waals surface area contributed by atoms with Gasteiger partial charge in [0, 0.05) is 22.3 Å². The van der Waals surface area contributed by atoms with Gasteiger partial charge in [-0.25, -0.2) is 0 Å². The van der Waals surface area contributed by atoms with E-state index in [2.05, 4.69) is 103 Å². The van der Waals surface area contributed by atoms with E-state index in [4.69, 9.17) is 15.3 Å². The Kier molecular flexibility index (Phi) is 4.89. The van der Waals surface area contributed by atoms with Crippen molar-refractivity contribution in [3.63, 3.8) is 0 Å². The van der Waals surface area contributed by atoms with Gasteiger partial charge in [0.1, 0.15) is 6.17 Å². The number of hydrogen-bond donors (Lipinski definition) is 0. The van der Waals surface area contributed by atoms with Crippen LogP contribution in [0.2, 0.25) is 0 Å². The normalized spacial score (nSPS) is 17.2. The van der Waals surface area contributed by atoms with Crippen molar-refractivity contribution in [2.45, 2.75) is 25.4 Å². The molecule has 0 radical (unpaired) electrons. The minimum atomic E-state index is -0.380. The van der Waals surface area contributed by atoms with E-state index < -0.39 is 0 Å². The minimum absolute atomic E-state index is 0.0679. The average Bonchev–Trinajstić information content (AvgIpc) is 3.47. The highest BCUT2D eigenvalue weighted by atomic mass is 15.3. The summed E-state index contributed by atoms with van der Waals surface area (Å²) in [4.78, 5) is 10.1. The molecule has 0 fully saturated rings. The first-order valence-corrected chi connectivity index (χ1v) is 13.8. The van der Waals surface area contributed by atoms with Gasteiger partial charge >= 0.3 is 0 Å². The second-order valence-electron chi connectivity index (χ2n) is 11.0. The molecule has 1 atom stereocenters. The lowest BCUT2D eigenvalue weighted by Gasteiger charge is -2.31. The van der Waals surface area contributed by atoms with E-state index in [0.717, 1.165) is 22.2 Å². The van der Waals surface area contributed by atoms with Crippen LogP contribution in [0, 0.1) is 0 Å². The van der Waals surface area contributed by atoms with Crippen LogP contribution in [0.4, 0.5) is 0 Å². The second kappa shape index (κ2) is 8.52. The first-order chi connectivity index (χ1) is 19.6. The number of hydrogen-bond acceptors (Lipinski definition) is 2. The SMILES string of the molecule is CC1(C)c2ccccc2-c2c1ccc1c2c2ccccc2n1C1=NC(c2ccccc2)=NC(c2ccccc2)[N-]1. The highest BCUT2D eigenvalue weighted by molar-refractivity contribution is 6.23. The Hall–Kier alpha value is -4.96. The molecule has 8 rings (SSSR count). The topological polar surface area (TPSA) is 43.8 Å². The van der Waals surface area contributed by atoms with E-state index in [1.165, 1.54) is 33.0 Å². The molecule has 4 nitrogen and oxygen atoms in total. The van der Waals surface area contributed by atoms with Gasteiger partial charge in [0.2, 0.25) is 0 Å². The van der Waals surface area contributed by atoms with Crippen molar-refractivity contribution >= 4 is 33.6 Å². The Labute approximate surface area is 233 Å². The molecule has 6 aromatic rings. The summed E-state index contributed by atoms with van der Waals surface area (Å²) in [5.74, 6) is 1.34. The van der Waals surface area contributed by atoms with Crippen LogP contribution in [-0.2, 0) is 5.41 Å². The smallest absolute Gasteiger partial charge is 0.111 e. The standard InChI is InChI=1S/C36H27N4/c1-36(2)27-19-11-9-17-25(27)31-28(36)21-22-30-32(31)26-18-10-12-20-29(26)40(30)35-38-33(23-13-5-3-6-14-23)37-34(39-35)24-15-7-4-8-16-24/h3-22,33H,1-2H3/q-1. The Balaban J connectivity index is 1.42. The van der Waals surface area contributed by atoms with E-state index in [9.17, 15) is 0 Å². The molecule has 0 bridgehead atoms. The first kappa shape index (κ1) is 23.0. The van der Waals surface area contributed by atoms with Crippen LogP contribution in [0.15, 0.2) is 131 Å². The number of amidine groups is 1. The summed E-state index contributed by atoms with van der Waals surface area (Å²) < 4.78 is 2.23. The Morgan fingerprint density at radius 2 is 1.38 bits per heavy atom. The quantitative estimate of drug-likeness (QED) is 0.221. The zero-order chi connectivity index (χ0) is 26.8. The van der Waals surface area contributed by atoms with Crippen LogP contribution in [0.1, 0.15) is 42.3 Å². The molecule has 2 aliphatic rings. The number of rotatable bonds is 2. The highest BCUT2D eigenvalue weighted by Crippen LogP contribution is 2.53. The van der Waals surface area contributed by atoms with Crippen molar-refractivity contribution in [3.8, 4) is 11.1 Å². The third kappa shape index (κ3) is 3.26. The molecule has 5 aromatic carbocycles. The van der Waals surface area contributed by atoms with Crippen molar-refractivity contribution in [1.29, 1.82) is 0 Å². The third-order valence-corrected chi connectivity index (χ3v) is 8.40. The Morgan fingerprint density at radius 3 is 2.20 bits per heavy atom. The molecular weight excluding hydrogens is 488 g/mol. The molecule has 0 amide bonds. The van der Waals surface area contributed by atoms with Crippen molar-refractivity contribution < 1.29 is 0 Å². The van der Waals surface area contributed by atoms with Gasteiger partial charge in [-0.05, 0) is 44.2 Å². The summed E-state index contributed by atoms with van der Waals surface area (Å²) in [6, 6.07) is 42.5. The summed E-state index contributed by atoms with van der Waals surface area (Å²) in [5.41, 5.74) is 9.52. The van der Waals surface area contributed by atoms with Crippen LogP contribution in [-0.4, -0.2) is 16.4 Å². The van der Waals surface area contributed by atoms with E-state index >= 15 is 0 Å². The van der Waals surface area contributed by atoms with Gasteiger partial charge in [0.15, 0.2) is 0 Å². The van der Waals surface area contributed by atoms with E-state index in [1.807, 2.05) is 36.4 Å². The molecule has 2 heterocycles. The van der Waals surface area contributed by atoms with E-state index in [1.54, 1.807) is 0 Å². The van der Waals surface area contributed by atoms with Gasteiger partial charge in [0.25, 0.3) is 0 Å². The Morgan fingerprint density at radius 1 is 0.675 bits per heavy atom. The van der Waals surface area contributed by atoms with Crippen LogP contribution in [0.3, 0.4) is 0 Å². The van der Waals surface area contributed by atoms with Gasteiger partial charge in [-0.2, -0.15) is 0 Å². The summed E-state index contributed by atoms with van der Waals surface area (Å²) in [7, 11) is 0. The molecule has 0 saturated carbocycles. The van der Waals surface area contributed by atoms with Crippen LogP contribution < -0.4 is 0 Å². The lowest BCUT2D eigenvalue weighted by Crippen LogP contribution is -2.21. The molecule has 1 aliphatic heterocycles. The van der Waals surface area contributed by atoms with Gasteiger partial charge < -0.3 is 14.9 Å². The number of nitrogens with zero attached hydrogens (tertiary/aromatic N) is 4. The number of benzene rings is 5. The summed E-state index contributed by atoms with van der Waals surface area (Å²) in [5, 5.41) is 7.62. The fourth-order valence-electron chi connectivity index (χ4n) is 6.48. The summed E-state index contributed by atoms with van der Waals surface area (Å²) in [6.45, 7) is 4.66. The third-order valence-electron chi connectivity index (χ3n) is 8.40. The second-order valence-corrected chi connectivity index (χ2v) is 11.0. The molecule has 0 N–H and O–H groups in total. The van der Waals surface area contributed by atoms with Gasteiger partial charge in [0.05, 0.1) is 5.84 Å². The van der Waals surface area contributed by atoms with Gasteiger partial charge in [-0.15, -0.1) is 0 Å². The van der Waals surface area contributed by atoms with Crippen LogP contribution in [0.5, 0.6) is 0 Å². The average molecular weight is 516 g/mol. The lowest BCUT2D eigenvalue weighted by atomic mass is 9.82. The predicted octanol–water partition coefficient (Wildman–Crippen LogP) is 8.84. The fourth-order valence-corrected chi connectivity index (χ4v) is 6.48. The molecule has 1 unspecified atom stereocenters. The number of para-hydroxylation sites is 1. The largest absolute Gasteiger partial charge is 0.367 e. The summed E-state index contributed by atoms with van der Waals surface area (Å²) >= 11 is 0. The zero-order valence-electron chi connectivity index (χ0n) is 22.4.